The topological polar surface area (TPSA) is 67.6 Å². The summed E-state index contributed by atoms with van der Waals surface area (Å²) < 4.78 is 65.2. The molecule has 6 nitrogen and oxygen atoms in total. The fourth-order valence-corrected chi connectivity index (χ4v) is 5.67. The first-order valence-electron chi connectivity index (χ1n) is 11.8. The van der Waals surface area contributed by atoms with Crippen molar-refractivity contribution < 1.29 is 31.5 Å². The van der Waals surface area contributed by atoms with Crippen molar-refractivity contribution in [1.29, 1.82) is 0 Å². The van der Waals surface area contributed by atoms with Crippen molar-refractivity contribution in [3.63, 3.8) is 0 Å². The highest BCUT2D eigenvalue weighted by Crippen LogP contribution is 2.52. The molecule has 10 heteroatoms. The van der Waals surface area contributed by atoms with Gasteiger partial charge in [0.05, 0.1) is 6.10 Å². The Kier molecular flexibility index (Phi) is 5.04. The predicted molar refractivity (Wildman–Crippen MR) is 114 cm³/mol. The highest BCUT2D eigenvalue weighted by Gasteiger charge is 2.47. The molecule has 1 N–H and O–H groups in total. The number of oxazole rings is 1. The van der Waals surface area contributed by atoms with E-state index in [1.165, 1.54) is 18.6 Å². The first-order valence-corrected chi connectivity index (χ1v) is 11.8. The zero-order chi connectivity index (χ0) is 23.6. The molecule has 3 saturated carbocycles. The molecule has 4 fully saturated rings. The monoisotopic (exact) mass is 479 g/mol. The summed E-state index contributed by atoms with van der Waals surface area (Å²) in [5.74, 6) is 0.431. The fraction of sp³-hybridized carbons (Fsp3) is 0.583. The van der Waals surface area contributed by atoms with Crippen LogP contribution in [0.3, 0.4) is 0 Å². The largest absolute Gasteiger partial charge is 0.487 e. The SMILES string of the molecule is O=C(Nc1ccc(OC2CC3CC3C2)c(F)c1)c1nc(N2CC3CCC3C2)oc1CC(F)(F)F. The van der Waals surface area contributed by atoms with Gasteiger partial charge in [-0.25, -0.2) is 4.39 Å². The van der Waals surface area contributed by atoms with Crippen LogP contribution in [0.25, 0.3) is 0 Å². The molecular formula is C24H25F4N3O3. The molecule has 4 unspecified atom stereocenters. The van der Waals surface area contributed by atoms with Crippen molar-refractivity contribution >= 4 is 17.6 Å². The van der Waals surface area contributed by atoms with Crippen LogP contribution in [0.15, 0.2) is 22.6 Å². The number of amides is 1. The summed E-state index contributed by atoms with van der Waals surface area (Å²) in [5.41, 5.74) is -0.330. The molecule has 34 heavy (non-hydrogen) atoms. The second-order valence-corrected chi connectivity index (χ2v) is 10.1. The number of nitrogens with one attached hydrogen (secondary N) is 1. The molecule has 0 radical (unpaired) electrons. The molecule has 6 rings (SSSR count). The minimum atomic E-state index is -4.57. The fourth-order valence-electron chi connectivity index (χ4n) is 5.67. The second kappa shape index (κ2) is 7.88. The van der Waals surface area contributed by atoms with Gasteiger partial charge in [0, 0.05) is 24.8 Å². The Labute approximate surface area is 193 Å². The van der Waals surface area contributed by atoms with Crippen molar-refractivity contribution in [2.24, 2.45) is 23.7 Å². The number of fused-ring (bicyclic) bond motifs is 2. The van der Waals surface area contributed by atoms with Crippen molar-refractivity contribution in [3.05, 3.63) is 35.5 Å². The number of halogens is 4. The molecule has 3 aliphatic carbocycles. The smallest absolute Gasteiger partial charge is 0.396 e. The molecule has 4 aliphatic rings. The molecule has 0 bridgehead atoms. The number of rotatable bonds is 6. The van der Waals surface area contributed by atoms with E-state index in [0.29, 0.717) is 36.8 Å². The highest BCUT2D eigenvalue weighted by molar-refractivity contribution is 6.03. The van der Waals surface area contributed by atoms with E-state index in [-0.39, 0.29) is 23.6 Å². The molecule has 1 aromatic heterocycles. The van der Waals surface area contributed by atoms with Crippen LogP contribution in [0.5, 0.6) is 5.75 Å². The van der Waals surface area contributed by atoms with Gasteiger partial charge in [-0.2, -0.15) is 18.2 Å². The number of hydrogen-bond acceptors (Lipinski definition) is 5. The van der Waals surface area contributed by atoms with Crippen LogP contribution in [-0.2, 0) is 6.42 Å². The Morgan fingerprint density at radius 1 is 1.12 bits per heavy atom. The summed E-state index contributed by atoms with van der Waals surface area (Å²) in [7, 11) is 0. The van der Waals surface area contributed by atoms with Crippen molar-refractivity contribution in [2.75, 3.05) is 23.3 Å². The third kappa shape index (κ3) is 4.22. The summed E-state index contributed by atoms with van der Waals surface area (Å²) in [6.45, 7) is 1.32. The average Bonchev–Trinajstić information content (AvgIpc) is 3.05. The molecule has 4 atom stereocenters. The minimum Gasteiger partial charge on any atom is -0.487 e. The van der Waals surface area contributed by atoms with Gasteiger partial charge in [0.1, 0.15) is 12.2 Å². The number of benzene rings is 1. The van der Waals surface area contributed by atoms with Crippen LogP contribution in [0.4, 0.5) is 29.3 Å². The number of ether oxygens (including phenoxy) is 1. The number of anilines is 2. The average molecular weight is 479 g/mol. The molecule has 2 heterocycles. The lowest BCUT2D eigenvalue weighted by molar-refractivity contribution is -0.130. The summed E-state index contributed by atoms with van der Waals surface area (Å²) in [6, 6.07) is 4.03. The zero-order valence-electron chi connectivity index (χ0n) is 18.4. The summed E-state index contributed by atoms with van der Waals surface area (Å²) in [5, 5.41) is 2.45. The van der Waals surface area contributed by atoms with Gasteiger partial charge >= 0.3 is 6.18 Å². The second-order valence-electron chi connectivity index (χ2n) is 10.1. The normalized spacial score (nSPS) is 29.4. The van der Waals surface area contributed by atoms with Gasteiger partial charge in [0.25, 0.3) is 11.9 Å². The number of alkyl halides is 3. The molecule has 1 aromatic carbocycles. The van der Waals surface area contributed by atoms with E-state index in [1.807, 2.05) is 0 Å². The lowest BCUT2D eigenvalue weighted by Crippen LogP contribution is -2.22. The summed E-state index contributed by atoms with van der Waals surface area (Å²) >= 11 is 0. The van der Waals surface area contributed by atoms with Gasteiger partial charge < -0.3 is 19.4 Å². The van der Waals surface area contributed by atoms with E-state index in [2.05, 4.69) is 10.3 Å². The maximum absolute atomic E-state index is 14.6. The van der Waals surface area contributed by atoms with Gasteiger partial charge in [-0.3, -0.25) is 4.79 Å². The van der Waals surface area contributed by atoms with E-state index in [0.717, 1.165) is 31.7 Å². The Hall–Kier alpha value is -2.78. The lowest BCUT2D eigenvalue weighted by Gasteiger charge is -2.27. The van der Waals surface area contributed by atoms with Gasteiger partial charge in [0.2, 0.25) is 0 Å². The summed E-state index contributed by atoms with van der Waals surface area (Å²) in [6.07, 6.45) is -0.731. The van der Waals surface area contributed by atoms with Crippen LogP contribution in [0, 0.1) is 29.5 Å². The maximum atomic E-state index is 14.6. The third-order valence-electron chi connectivity index (χ3n) is 7.70. The molecule has 182 valence electrons. The lowest BCUT2D eigenvalue weighted by atomic mass is 9.77. The van der Waals surface area contributed by atoms with Gasteiger partial charge in [-0.05, 0) is 67.9 Å². The van der Waals surface area contributed by atoms with Crippen LogP contribution in [0.2, 0.25) is 0 Å². The molecule has 1 saturated heterocycles. The zero-order valence-corrected chi connectivity index (χ0v) is 18.4. The van der Waals surface area contributed by atoms with E-state index >= 15 is 0 Å². The van der Waals surface area contributed by atoms with E-state index in [4.69, 9.17) is 9.15 Å². The van der Waals surface area contributed by atoms with Gasteiger partial charge in [-0.1, -0.05) is 0 Å². The maximum Gasteiger partial charge on any atom is 0.396 e. The van der Waals surface area contributed by atoms with Crippen molar-refractivity contribution in [2.45, 2.75) is 50.8 Å². The molecule has 2 aromatic rings. The molecule has 1 aliphatic heterocycles. The number of carbonyl (C=O) groups is 1. The first kappa shape index (κ1) is 21.7. The number of carbonyl (C=O) groups excluding carboxylic acids is 1. The van der Waals surface area contributed by atoms with E-state index in [1.54, 1.807) is 4.90 Å². The van der Waals surface area contributed by atoms with Crippen molar-refractivity contribution in [1.82, 2.24) is 4.98 Å². The summed E-state index contributed by atoms with van der Waals surface area (Å²) in [4.78, 5) is 18.8. The molecule has 0 spiro atoms. The Morgan fingerprint density at radius 2 is 1.82 bits per heavy atom. The Bertz CT molecular complexity index is 1100. The van der Waals surface area contributed by atoms with Crippen LogP contribution < -0.4 is 15.0 Å². The van der Waals surface area contributed by atoms with Crippen molar-refractivity contribution in [3.8, 4) is 5.75 Å². The Morgan fingerprint density at radius 3 is 2.44 bits per heavy atom. The third-order valence-corrected chi connectivity index (χ3v) is 7.70. The quantitative estimate of drug-likeness (QED) is 0.578. The van der Waals surface area contributed by atoms with Gasteiger partial charge in [-0.15, -0.1) is 0 Å². The minimum absolute atomic E-state index is 0.00186. The van der Waals surface area contributed by atoms with Gasteiger partial charge in [0.15, 0.2) is 17.3 Å². The standard InChI is InChI=1S/C24H25F4N3O3/c25-18-8-16(3-4-19(18)33-17-6-14-5-15(14)7-17)29-22(32)21-20(9-24(26,27)28)34-23(30-21)31-10-12-1-2-13(12)11-31/h3-4,8,12-15,17H,1-2,5-7,9-11H2,(H,29,32). The number of hydrogen-bond donors (Lipinski definition) is 1. The molecule has 1 amide bonds. The van der Waals surface area contributed by atoms with E-state index < -0.39 is 35.8 Å². The number of nitrogens with zero attached hydrogens (tertiary/aromatic N) is 2. The number of aromatic nitrogens is 1. The highest BCUT2D eigenvalue weighted by atomic mass is 19.4. The van der Waals surface area contributed by atoms with Crippen LogP contribution >= 0.6 is 0 Å². The van der Waals surface area contributed by atoms with Crippen LogP contribution in [-0.4, -0.2) is 36.3 Å². The molecular weight excluding hydrogens is 454 g/mol. The van der Waals surface area contributed by atoms with Crippen LogP contribution in [0.1, 0.15) is 48.4 Å². The van der Waals surface area contributed by atoms with E-state index in [9.17, 15) is 22.4 Å². The first-order chi connectivity index (χ1) is 16.2. The Balaban J connectivity index is 1.17. The predicted octanol–water partition coefficient (Wildman–Crippen LogP) is 5.19.